The summed E-state index contributed by atoms with van der Waals surface area (Å²) in [7, 11) is 3.21. The highest BCUT2D eigenvalue weighted by Crippen LogP contribution is 2.69. The fourth-order valence-corrected chi connectivity index (χ4v) is 7.53. The molecule has 174 valence electrons. The Labute approximate surface area is 187 Å². The Morgan fingerprint density at radius 2 is 1.68 bits per heavy atom. The Kier molecular flexibility index (Phi) is 6.61. The predicted octanol–water partition coefficient (Wildman–Crippen LogP) is 5.24. The van der Waals surface area contributed by atoms with Crippen LogP contribution in [0.1, 0.15) is 73.6 Å². The van der Waals surface area contributed by atoms with Gasteiger partial charge in [0.05, 0.1) is 0 Å². The van der Waals surface area contributed by atoms with Gasteiger partial charge in [-0.25, -0.2) is 0 Å². The average molecular weight is 433 g/mol. The molecule has 0 aromatic rings. The smallest absolute Gasteiger partial charge is 0.302 e. The molecule has 3 rings (SSSR count). The van der Waals surface area contributed by atoms with Crippen LogP contribution in [-0.2, 0) is 23.8 Å². The number of methoxy groups -OCH3 is 2. The first-order valence-electron chi connectivity index (χ1n) is 11.6. The van der Waals surface area contributed by atoms with Crippen molar-refractivity contribution in [2.75, 3.05) is 14.2 Å². The standard InChI is InChI=1S/C26H40O5/c1-16(9-10-22(29-7)30-8)23-18(28)15-20-25(5)14-12-21(31-17(2)27)24(3,4)19(25)11-13-26(20,23)6/h9-10,19-22H,11-15H2,1-8H3/b10-9+,23-16-/t19-,20-,21-,25-,26-/m0/s1. The number of Topliss-reactive ketones (excluding diaryl/α,β-unsaturated/α-hetero) is 1. The van der Waals surface area contributed by atoms with Gasteiger partial charge in [0.1, 0.15) is 6.10 Å². The monoisotopic (exact) mass is 432 g/mol. The van der Waals surface area contributed by atoms with Gasteiger partial charge in [-0.05, 0) is 61.5 Å². The van der Waals surface area contributed by atoms with Crippen LogP contribution in [0.15, 0.2) is 23.3 Å². The molecule has 0 aliphatic heterocycles. The number of ketones is 1. The minimum atomic E-state index is -0.415. The van der Waals surface area contributed by atoms with Gasteiger partial charge in [0.2, 0.25) is 0 Å². The van der Waals surface area contributed by atoms with E-state index < -0.39 is 6.29 Å². The fraction of sp³-hybridized carbons (Fsp3) is 0.769. The maximum absolute atomic E-state index is 13.3. The van der Waals surface area contributed by atoms with Gasteiger partial charge >= 0.3 is 5.97 Å². The first-order chi connectivity index (χ1) is 14.4. The molecule has 31 heavy (non-hydrogen) atoms. The van der Waals surface area contributed by atoms with Gasteiger partial charge in [-0.1, -0.05) is 33.8 Å². The van der Waals surface area contributed by atoms with Crippen molar-refractivity contribution in [3.05, 3.63) is 23.3 Å². The zero-order valence-electron chi connectivity index (χ0n) is 20.5. The second-order valence-electron chi connectivity index (χ2n) is 10.9. The van der Waals surface area contributed by atoms with Crippen LogP contribution in [0.2, 0.25) is 0 Å². The third-order valence-electron chi connectivity index (χ3n) is 8.90. The van der Waals surface area contributed by atoms with Crippen LogP contribution in [0, 0.1) is 28.1 Å². The third kappa shape index (κ3) is 3.93. The van der Waals surface area contributed by atoms with Crippen molar-refractivity contribution in [2.45, 2.75) is 86.0 Å². The van der Waals surface area contributed by atoms with Crippen LogP contribution in [-0.4, -0.2) is 38.4 Å². The molecule has 0 amide bonds. The lowest BCUT2D eigenvalue weighted by Gasteiger charge is -2.62. The Bertz CT molecular complexity index is 790. The molecular formula is C26H40O5. The zero-order chi connectivity index (χ0) is 23.2. The molecule has 0 radical (unpaired) electrons. The SMILES string of the molecule is COC(/C=C/C(C)=C1/C(=O)C[C@H]2[C@@]3(C)CC[C@H](OC(C)=O)C(C)(C)[C@@H]3CC[C@]12C)OC. The summed E-state index contributed by atoms with van der Waals surface area (Å²) in [5.74, 6) is 0.813. The molecule has 0 aromatic carbocycles. The summed E-state index contributed by atoms with van der Waals surface area (Å²) in [4.78, 5) is 25.0. The van der Waals surface area contributed by atoms with Gasteiger partial charge in [0.25, 0.3) is 0 Å². The summed E-state index contributed by atoms with van der Waals surface area (Å²) >= 11 is 0. The lowest BCUT2D eigenvalue weighted by molar-refractivity contribution is -0.185. The third-order valence-corrected chi connectivity index (χ3v) is 8.90. The number of carbonyl (C=O) groups is 2. The van der Waals surface area contributed by atoms with Gasteiger partial charge in [-0.15, -0.1) is 0 Å². The molecule has 3 fully saturated rings. The lowest BCUT2D eigenvalue weighted by atomic mass is 9.43. The highest BCUT2D eigenvalue weighted by atomic mass is 16.7. The van der Waals surface area contributed by atoms with E-state index in [-0.39, 0.29) is 34.1 Å². The van der Waals surface area contributed by atoms with Crippen molar-refractivity contribution >= 4 is 11.8 Å². The lowest BCUT2D eigenvalue weighted by Crippen LogP contribution is -2.58. The van der Waals surface area contributed by atoms with Crippen LogP contribution in [0.25, 0.3) is 0 Å². The maximum Gasteiger partial charge on any atom is 0.302 e. The average Bonchev–Trinajstić information content (AvgIpc) is 2.96. The quantitative estimate of drug-likeness (QED) is 0.338. The number of hydrogen-bond donors (Lipinski definition) is 0. The zero-order valence-corrected chi connectivity index (χ0v) is 20.5. The van der Waals surface area contributed by atoms with Crippen molar-refractivity contribution in [1.29, 1.82) is 0 Å². The van der Waals surface area contributed by atoms with Gasteiger partial charge in [-0.3, -0.25) is 9.59 Å². The number of fused-ring (bicyclic) bond motifs is 3. The highest BCUT2D eigenvalue weighted by Gasteiger charge is 2.65. The molecule has 5 heteroatoms. The number of esters is 1. The van der Waals surface area contributed by atoms with Gasteiger partial charge in [-0.2, -0.15) is 0 Å². The molecule has 0 N–H and O–H groups in total. The topological polar surface area (TPSA) is 61.8 Å². The molecule has 3 saturated carbocycles. The molecule has 0 heterocycles. The van der Waals surface area contributed by atoms with E-state index in [0.717, 1.165) is 36.8 Å². The van der Waals surface area contributed by atoms with Crippen molar-refractivity contribution in [1.82, 2.24) is 0 Å². The Morgan fingerprint density at radius 3 is 2.26 bits per heavy atom. The summed E-state index contributed by atoms with van der Waals surface area (Å²) in [6.45, 7) is 12.7. The second kappa shape index (κ2) is 8.47. The summed E-state index contributed by atoms with van der Waals surface area (Å²) in [6, 6.07) is 0. The van der Waals surface area contributed by atoms with Crippen molar-refractivity contribution < 1.29 is 23.8 Å². The van der Waals surface area contributed by atoms with E-state index in [1.165, 1.54) is 6.92 Å². The summed E-state index contributed by atoms with van der Waals surface area (Å²) < 4.78 is 16.3. The molecule has 5 nitrogen and oxygen atoms in total. The Balaban J connectivity index is 1.96. The minimum absolute atomic E-state index is 0.0516. The molecule has 0 unspecified atom stereocenters. The first-order valence-corrected chi connectivity index (χ1v) is 11.6. The van der Waals surface area contributed by atoms with Crippen molar-refractivity contribution in [3.63, 3.8) is 0 Å². The van der Waals surface area contributed by atoms with E-state index in [0.29, 0.717) is 18.3 Å². The number of rotatable bonds is 5. The Morgan fingerprint density at radius 1 is 1.03 bits per heavy atom. The second-order valence-corrected chi connectivity index (χ2v) is 10.9. The summed E-state index contributed by atoms with van der Waals surface area (Å²) in [6.07, 6.45) is 7.87. The van der Waals surface area contributed by atoms with E-state index in [9.17, 15) is 9.59 Å². The predicted molar refractivity (Wildman–Crippen MR) is 120 cm³/mol. The number of ether oxygens (including phenoxy) is 3. The molecule has 5 atom stereocenters. The van der Waals surface area contributed by atoms with E-state index in [1.807, 2.05) is 19.1 Å². The normalized spacial score (nSPS) is 38.9. The Hall–Kier alpha value is -1.46. The van der Waals surface area contributed by atoms with Crippen LogP contribution in [0.3, 0.4) is 0 Å². The molecule has 3 aliphatic rings. The molecular weight excluding hydrogens is 392 g/mol. The van der Waals surface area contributed by atoms with Gasteiger partial charge in [0, 0.05) is 44.0 Å². The van der Waals surface area contributed by atoms with E-state index >= 15 is 0 Å². The fourth-order valence-electron chi connectivity index (χ4n) is 7.53. The van der Waals surface area contributed by atoms with Gasteiger partial charge < -0.3 is 14.2 Å². The highest BCUT2D eigenvalue weighted by molar-refractivity contribution is 6.00. The number of carbonyl (C=O) groups excluding carboxylic acids is 2. The summed E-state index contributed by atoms with van der Waals surface area (Å²) in [5.41, 5.74) is 1.82. The molecule has 0 saturated heterocycles. The molecule has 0 aromatic heterocycles. The van der Waals surface area contributed by atoms with Crippen LogP contribution >= 0.6 is 0 Å². The number of hydrogen-bond acceptors (Lipinski definition) is 5. The molecule has 0 bridgehead atoms. The molecule has 3 aliphatic carbocycles. The van der Waals surface area contributed by atoms with Crippen LogP contribution in [0.5, 0.6) is 0 Å². The van der Waals surface area contributed by atoms with Crippen LogP contribution in [0.4, 0.5) is 0 Å². The number of allylic oxidation sites excluding steroid dienone is 3. The van der Waals surface area contributed by atoms with E-state index in [2.05, 4.69) is 27.7 Å². The summed E-state index contributed by atoms with van der Waals surface area (Å²) in [5, 5.41) is 0. The first kappa shape index (κ1) is 24.2. The molecule has 0 spiro atoms. The maximum atomic E-state index is 13.3. The van der Waals surface area contributed by atoms with E-state index in [4.69, 9.17) is 14.2 Å². The minimum Gasteiger partial charge on any atom is -0.462 e. The van der Waals surface area contributed by atoms with Crippen molar-refractivity contribution in [3.8, 4) is 0 Å². The van der Waals surface area contributed by atoms with Crippen molar-refractivity contribution in [2.24, 2.45) is 28.1 Å². The largest absolute Gasteiger partial charge is 0.462 e. The van der Waals surface area contributed by atoms with Gasteiger partial charge in [0.15, 0.2) is 12.1 Å². The van der Waals surface area contributed by atoms with Crippen LogP contribution < -0.4 is 0 Å². The van der Waals surface area contributed by atoms with E-state index in [1.54, 1.807) is 14.2 Å².